The number of rotatable bonds is 5. The highest BCUT2D eigenvalue weighted by Gasteiger charge is 2.13. The molecule has 0 saturated carbocycles. The Kier molecular flexibility index (Phi) is 4.66. The second-order valence-corrected chi connectivity index (χ2v) is 4.25. The number of benzene rings is 2. The Bertz CT molecular complexity index is 623. The van der Waals surface area contributed by atoms with Crippen LogP contribution in [0.4, 0.5) is 5.69 Å². The number of carbonyl (C=O) groups is 1. The average Bonchev–Trinajstić information content (AvgIpc) is 2.54. The first-order valence-corrected chi connectivity index (χ1v) is 6.35. The molecule has 0 saturated heterocycles. The number of ether oxygens (including phenoxy) is 3. The van der Waals surface area contributed by atoms with Gasteiger partial charge in [0.2, 0.25) is 0 Å². The van der Waals surface area contributed by atoms with Gasteiger partial charge >= 0.3 is 0 Å². The van der Waals surface area contributed by atoms with Crippen molar-refractivity contribution in [3.05, 3.63) is 48.0 Å². The minimum Gasteiger partial charge on any atom is -0.497 e. The maximum atomic E-state index is 12.3. The topological polar surface area (TPSA) is 56.8 Å². The largest absolute Gasteiger partial charge is 0.497 e. The quantitative estimate of drug-likeness (QED) is 0.918. The fourth-order valence-electron chi connectivity index (χ4n) is 1.86. The third kappa shape index (κ3) is 3.45. The van der Waals surface area contributed by atoms with Crippen molar-refractivity contribution < 1.29 is 19.0 Å². The van der Waals surface area contributed by atoms with Crippen molar-refractivity contribution in [3.8, 4) is 17.2 Å². The molecule has 5 nitrogen and oxygen atoms in total. The second kappa shape index (κ2) is 6.65. The molecule has 2 rings (SSSR count). The van der Waals surface area contributed by atoms with Crippen molar-refractivity contribution in [1.29, 1.82) is 0 Å². The van der Waals surface area contributed by atoms with Gasteiger partial charge in [-0.1, -0.05) is 0 Å². The normalized spacial score (nSPS) is 9.86. The van der Waals surface area contributed by atoms with Gasteiger partial charge in [0.05, 0.1) is 26.9 Å². The molecule has 0 radical (unpaired) electrons. The molecular formula is C16H17NO4. The van der Waals surface area contributed by atoms with Gasteiger partial charge in [0.1, 0.15) is 17.2 Å². The molecule has 2 aromatic rings. The van der Waals surface area contributed by atoms with E-state index >= 15 is 0 Å². The number of hydrogen-bond donors (Lipinski definition) is 1. The lowest BCUT2D eigenvalue weighted by Gasteiger charge is -2.11. The minimum absolute atomic E-state index is 0.268. The van der Waals surface area contributed by atoms with E-state index in [4.69, 9.17) is 14.2 Å². The Hall–Kier alpha value is -2.69. The molecule has 1 amide bonds. The molecule has 0 aliphatic carbocycles. The zero-order chi connectivity index (χ0) is 15.2. The van der Waals surface area contributed by atoms with E-state index in [9.17, 15) is 4.79 Å². The Balaban J connectivity index is 2.22. The number of nitrogens with one attached hydrogen (secondary N) is 1. The van der Waals surface area contributed by atoms with E-state index in [0.717, 1.165) is 5.75 Å². The van der Waals surface area contributed by atoms with Gasteiger partial charge in [-0.15, -0.1) is 0 Å². The summed E-state index contributed by atoms with van der Waals surface area (Å²) in [5.41, 5.74) is 1.08. The first kappa shape index (κ1) is 14.7. The van der Waals surface area contributed by atoms with Crippen molar-refractivity contribution >= 4 is 11.6 Å². The lowest BCUT2D eigenvalue weighted by Crippen LogP contribution is -2.13. The van der Waals surface area contributed by atoms with E-state index in [0.29, 0.717) is 22.7 Å². The van der Waals surface area contributed by atoms with Crippen LogP contribution in [0.5, 0.6) is 17.2 Å². The summed E-state index contributed by atoms with van der Waals surface area (Å²) in [5.74, 6) is 1.54. The van der Waals surface area contributed by atoms with Crippen molar-refractivity contribution in [2.75, 3.05) is 26.6 Å². The number of hydrogen-bond acceptors (Lipinski definition) is 4. The molecule has 0 unspecified atom stereocenters. The molecular weight excluding hydrogens is 270 g/mol. The lowest BCUT2D eigenvalue weighted by molar-refractivity contribution is 0.102. The van der Waals surface area contributed by atoms with Crippen LogP contribution in [-0.2, 0) is 0 Å². The maximum Gasteiger partial charge on any atom is 0.259 e. The monoisotopic (exact) mass is 287 g/mol. The van der Waals surface area contributed by atoms with Gasteiger partial charge in [-0.25, -0.2) is 0 Å². The highest BCUT2D eigenvalue weighted by Crippen LogP contribution is 2.25. The summed E-state index contributed by atoms with van der Waals surface area (Å²) in [6.45, 7) is 0. The summed E-state index contributed by atoms with van der Waals surface area (Å²) in [6.07, 6.45) is 0. The molecule has 110 valence electrons. The zero-order valence-electron chi connectivity index (χ0n) is 12.2. The smallest absolute Gasteiger partial charge is 0.259 e. The standard InChI is InChI=1S/C16H17NO4/c1-19-12-6-4-11(5-7-12)17-16(18)14-10-13(20-2)8-9-15(14)21-3/h4-10H,1-3H3,(H,17,18). The van der Waals surface area contributed by atoms with E-state index in [1.807, 2.05) is 0 Å². The van der Waals surface area contributed by atoms with Crippen molar-refractivity contribution in [2.24, 2.45) is 0 Å². The van der Waals surface area contributed by atoms with Crippen molar-refractivity contribution in [2.45, 2.75) is 0 Å². The van der Waals surface area contributed by atoms with Crippen molar-refractivity contribution in [3.63, 3.8) is 0 Å². The molecule has 0 aliphatic rings. The van der Waals surface area contributed by atoms with E-state index in [2.05, 4.69) is 5.32 Å². The molecule has 0 bridgehead atoms. The molecule has 2 aromatic carbocycles. The molecule has 1 N–H and O–H groups in total. The highest BCUT2D eigenvalue weighted by molar-refractivity contribution is 6.06. The summed E-state index contributed by atoms with van der Waals surface area (Å²) in [7, 11) is 4.66. The van der Waals surface area contributed by atoms with Crippen LogP contribution in [0.15, 0.2) is 42.5 Å². The van der Waals surface area contributed by atoms with E-state index in [-0.39, 0.29) is 5.91 Å². The number of carbonyl (C=O) groups excluding carboxylic acids is 1. The summed E-state index contributed by atoms with van der Waals surface area (Å²) in [6, 6.07) is 12.2. The van der Waals surface area contributed by atoms with Gasteiger partial charge in [0.25, 0.3) is 5.91 Å². The maximum absolute atomic E-state index is 12.3. The molecule has 0 heterocycles. The van der Waals surface area contributed by atoms with Crippen LogP contribution in [0.3, 0.4) is 0 Å². The SMILES string of the molecule is COc1ccc(NC(=O)c2cc(OC)ccc2OC)cc1. The average molecular weight is 287 g/mol. The molecule has 5 heteroatoms. The van der Waals surface area contributed by atoms with Gasteiger partial charge in [-0.2, -0.15) is 0 Å². The minimum atomic E-state index is -0.268. The molecule has 0 fully saturated rings. The first-order chi connectivity index (χ1) is 10.2. The van der Waals surface area contributed by atoms with E-state index < -0.39 is 0 Å². The predicted octanol–water partition coefficient (Wildman–Crippen LogP) is 2.96. The van der Waals surface area contributed by atoms with Crippen LogP contribution in [0.1, 0.15) is 10.4 Å². The van der Waals surface area contributed by atoms with Gasteiger partial charge < -0.3 is 19.5 Å². The second-order valence-electron chi connectivity index (χ2n) is 4.25. The molecule has 0 spiro atoms. The van der Waals surface area contributed by atoms with Crippen LogP contribution in [0.2, 0.25) is 0 Å². The Morgan fingerprint density at radius 2 is 1.48 bits per heavy atom. The molecule has 0 aliphatic heterocycles. The third-order valence-electron chi connectivity index (χ3n) is 3.00. The number of amides is 1. The molecule has 0 aromatic heterocycles. The lowest BCUT2D eigenvalue weighted by atomic mass is 10.1. The third-order valence-corrected chi connectivity index (χ3v) is 3.00. The van der Waals surface area contributed by atoms with Crippen LogP contribution in [0, 0.1) is 0 Å². The fourth-order valence-corrected chi connectivity index (χ4v) is 1.86. The van der Waals surface area contributed by atoms with E-state index in [1.165, 1.54) is 7.11 Å². The number of methoxy groups -OCH3 is 3. The first-order valence-electron chi connectivity index (χ1n) is 6.35. The Morgan fingerprint density at radius 3 is 2.05 bits per heavy atom. The van der Waals surface area contributed by atoms with E-state index in [1.54, 1.807) is 56.7 Å². The van der Waals surface area contributed by atoms with Gasteiger partial charge in [0.15, 0.2) is 0 Å². The Labute approximate surface area is 123 Å². The fraction of sp³-hybridized carbons (Fsp3) is 0.188. The van der Waals surface area contributed by atoms with Crippen LogP contribution in [0.25, 0.3) is 0 Å². The van der Waals surface area contributed by atoms with Crippen molar-refractivity contribution in [1.82, 2.24) is 0 Å². The molecule has 0 atom stereocenters. The summed E-state index contributed by atoms with van der Waals surface area (Å²) in [5, 5.41) is 2.81. The van der Waals surface area contributed by atoms with Gasteiger partial charge in [-0.3, -0.25) is 4.79 Å². The zero-order valence-corrected chi connectivity index (χ0v) is 12.2. The van der Waals surface area contributed by atoms with Crippen LogP contribution >= 0.6 is 0 Å². The summed E-state index contributed by atoms with van der Waals surface area (Å²) in [4.78, 5) is 12.3. The Morgan fingerprint density at radius 1 is 0.857 bits per heavy atom. The molecule has 21 heavy (non-hydrogen) atoms. The number of anilines is 1. The summed E-state index contributed by atoms with van der Waals surface area (Å²) < 4.78 is 15.4. The van der Waals surface area contributed by atoms with Crippen LogP contribution in [-0.4, -0.2) is 27.2 Å². The highest BCUT2D eigenvalue weighted by atomic mass is 16.5. The summed E-state index contributed by atoms with van der Waals surface area (Å²) >= 11 is 0. The van der Waals surface area contributed by atoms with Gasteiger partial charge in [-0.05, 0) is 42.5 Å². The van der Waals surface area contributed by atoms with Crippen LogP contribution < -0.4 is 19.5 Å². The predicted molar refractivity (Wildman–Crippen MR) is 80.5 cm³/mol. The van der Waals surface area contributed by atoms with Gasteiger partial charge in [0, 0.05) is 5.69 Å².